The molecule has 13 heavy (non-hydrogen) atoms. The van der Waals surface area contributed by atoms with Gasteiger partial charge in [-0.3, -0.25) is 0 Å². The average molecular weight is 181 g/mol. The molecule has 70 valence electrons. The minimum atomic E-state index is -0.490. The Morgan fingerprint density at radius 1 is 1.54 bits per heavy atom. The molecule has 3 nitrogen and oxygen atoms in total. The Bertz CT molecular complexity index is 324. The summed E-state index contributed by atoms with van der Waals surface area (Å²) in [6.45, 7) is 4.34. The Morgan fingerprint density at radius 3 is 2.77 bits per heavy atom. The molecule has 0 aliphatic heterocycles. The van der Waals surface area contributed by atoms with Gasteiger partial charge in [0, 0.05) is 12.1 Å². The number of nitrogens with zero attached hydrogens (tertiary/aromatic N) is 2. The van der Waals surface area contributed by atoms with E-state index in [1.807, 2.05) is 0 Å². The maximum Gasteiger partial charge on any atom is 0.217 e. The second-order valence-corrected chi connectivity index (χ2v) is 4.12. The van der Waals surface area contributed by atoms with Gasteiger partial charge in [-0.1, -0.05) is 13.8 Å². The van der Waals surface area contributed by atoms with Gasteiger partial charge in [-0.15, -0.1) is 0 Å². The summed E-state index contributed by atoms with van der Waals surface area (Å²) >= 11 is 0. The van der Waals surface area contributed by atoms with E-state index in [0.29, 0.717) is 17.3 Å². The number of halogens is 1. The fourth-order valence-electron chi connectivity index (χ4n) is 1.30. The van der Waals surface area contributed by atoms with Gasteiger partial charge in [-0.2, -0.15) is 4.39 Å². The average Bonchev–Trinajstić information content (AvgIpc) is 2.58. The van der Waals surface area contributed by atoms with Gasteiger partial charge in [-0.25, -0.2) is 9.97 Å². The van der Waals surface area contributed by atoms with E-state index in [9.17, 15) is 4.39 Å². The van der Waals surface area contributed by atoms with Gasteiger partial charge in [-0.05, 0) is 11.8 Å². The minimum absolute atomic E-state index is 0.321. The smallest absolute Gasteiger partial charge is 0.217 e. The van der Waals surface area contributed by atoms with Crippen molar-refractivity contribution < 1.29 is 4.39 Å². The minimum Gasteiger partial charge on any atom is -0.367 e. The number of anilines is 1. The van der Waals surface area contributed by atoms with Crippen molar-refractivity contribution >= 4 is 5.82 Å². The predicted octanol–water partition coefficient (Wildman–Crippen LogP) is 1.83. The molecular weight excluding hydrogens is 169 g/mol. The van der Waals surface area contributed by atoms with Gasteiger partial charge in [0.1, 0.15) is 12.1 Å². The lowest BCUT2D eigenvalue weighted by Gasteiger charge is -2.06. The van der Waals surface area contributed by atoms with Crippen LogP contribution in [0.4, 0.5) is 10.2 Å². The molecule has 0 aromatic carbocycles. The van der Waals surface area contributed by atoms with Crippen LogP contribution in [0, 0.1) is 11.4 Å². The third-order valence-corrected chi connectivity index (χ3v) is 2.47. The van der Waals surface area contributed by atoms with Crippen LogP contribution in [0.5, 0.6) is 0 Å². The first-order valence-electron chi connectivity index (χ1n) is 4.32. The van der Waals surface area contributed by atoms with Crippen molar-refractivity contribution in [3.63, 3.8) is 0 Å². The predicted molar refractivity (Wildman–Crippen MR) is 47.8 cm³/mol. The first-order chi connectivity index (χ1) is 6.08. The SMILES string of the molecule is CC1(C)CC1Nc1cc(F)ncn1. The topological polar surface area (TPSA) is 37.8 Å². The zero-order valence-corrected chi connectivity index (χ0v) is 7.71. The van der Waals surface area contributed by atoms with Crippen LogP contribution >= 0.6 is 0 Å². The van der Waals surface area contributed by atoms with E-state index in [1.54, 1.807) is 0 Å². The molecule has 1 aromatic rings. The third-order valence-electron chi connectivity index (χ3n) is 2.47. The first-order valence-corrected chi connectivity index (χ1v) is 4.32. The molecule has 1 aliphatic carbocycles. The molecule has 1 N–H and O–H groups in total. The molecule has 1 fully saturated rings. The molecule has 1 aliphatic rings. The summed E-state index contributed by atoms with van der Waals surface area (Å²) in [6.07, 6.45) is 2.34. The Morgan fingerprint density at radius 2 is 2.23 bits per heavy atom. The Hall–Kier alpha value is -1.19. The largest absolute Gasteiger partial charge is 0.367 e. The highest BCUT2D eigenvalue weighted by atomic mass is 19.1. The van der Waals surface area contributed by atoms with E-state index in [1.165, 1.54) is 12.4 Å². The maximum atomic E-state index is 12.6. The molecule has 1 saturated carbocycles. The summed E-state index contributed by atoms with van der Waals surface area (Å²) in [5.41, 5.74) is 0.321. The van der Waals surface area contributed by atoms with Gasteiger partial charge in [0.2, 0.25) is 5.95 Å². The maximum absolute atomic E-state index is 12.6. The van der Waals surface area contributed by atoms with Crippen LogP contribution in [0.25, 0.3) is 0 Å². The number of rotatable bonds is 2. The normalized spacial score (nSPS) is 24.1. The Balaban J connectivity index is 2.03. The molecule has 1 unspecified atom stereocenters. The fraction of sp³-hybridized carbons (Fsp3) is 0.556. The molecule has 1 heterocycles. The molecule has 0 radical (unpaired) electrons. The monoisotopic (exact) mass is 181 g/mol. The van der Waals surface area contributed by atoms with E-state index >= 15 is 0 Å². The number of hydrogen-bond donors (Lipinski definition) is 1. The van der Waals surface area contributed by atoms with Crippen LogP contribution < -0.4 is 5.32 Å². The van der Waals surface area contributed by atoms with Crippen molar-refractivity contribution in [1.82, 2.24) is 9.97 Å². The highest BCUT2D eigenvalue weighted by Gasteiger charge is 2.45. The van der Waals surface area contributed by atoms with Crippen LogP contribution in [0.1, 0.15) is 20.3 Å². The quantitative estimate of drug-likeness (QED) is 0.707. The standard InChI is InChI=1S/C9H12FN3/c1-9(2)4-6(9)13-8-3-7(10)11-5-12-8/h3,5-6H,4H2,1-2H3,(H,11,12,13). The van der Waals surface area contributed by atoms with Gasteiger partial charge < -0.3 is 5.32 Å². The Kier molecular flexibility index (Phi) is 1.71. The van der Waals surface area contributed by atoms with Crippen molar-refractivity contribution in [3.05, 3.63) is 18.3 Å². The van der Waals surface area contributed by atoms with Crippen LogP contribution in [-0.4, -0.2) is 16.0 Å². The van der Waals surface area contributed by atoms with Gasteiger partial charge in [0.25, 0.3) is 0 Å². The Labute approximate surface area is 76.4 Å². The molecule has 2 rings (SSSR count). The molecule has 1 aromatic heterocycles. The highest BCUT2D eigenvalue weighted by molar-refractivity contribution is 5.37. The van der Waals surface area contributed by atoms with E-state index in [-0.39, 0.29) is 0 Å². The molecule has 1 atom stereocenters. The molecule has 0 spiro atoms. The summed E-state index contributed by atoms with van der Waals surface area (Å²) in [5, 5.41) is 3.16. The van der Waals surface area contributed by atoms with Crippen LogP contribution in [0.2, 0.25) is 0 Å². The number of hydrogen-bond acceptors (Lipinski definition) is 3. The van der Waals surface area contributed by atoms with Crippen molar-refractivity contribution in [1.29, 1.82) is 0 Å². The van der Waals surface area contributed by atoms with Crippen molar-refractivity contribution in [2.75, 3.05) is 5.32 Å². The van der Waals surface area contributed by atoms with Gasteiger partial charge >= 0.3 is 0 Å². The number of aromatic nitrogens is 2. The summed E-state index contributed by atoms with van der Waals surface area (Å²) < 4.78 is 12.6. The lowest BCUT2D eigenvalue weighted by atomic mass is 10.2. The van der Waals surface area contributed by atoms with Crippen LogP contribution in [-0.2, 0) is 0 Å². The zero-order chi connectivity index (χ0) is 9.47. The molecular formula is C9H12FN3. The number of nitrogens with one attached hydrogen (secondary N) is 1. The lowest BCUT2D eigenvalue weighted by Crippen LogP contribution is -2.09. The second kappa shape index (κ2) is 2.65. The first kappa shape index (κ1) is 8.41. The van der Waals surface area contributed by atoms with E-state index in [4.69, 9.17) is 0 Å². The summed E-state index contributed by atoms with van der Waals surface area (Å²) in [7, 11) is 0. The van der Waals surface area contributed by atoms with Crippen LogP contribution in [0.3, 0.4) is 0 Å². The second-order valence-electron chi connectivity index (χ2n) is 4.12. The zero-order valence-electron chi connectivity index (χ0n) is 7.71. The van der Waals surface area contributed by atoms with Gasteiger partial charge in [0.05, 0.1) is 0 Å². The third kappa shape index (κ3) is 1.76. The van der Waals surface area contributed by atoms with Crippen molar-refractivity contribution in [2.24, 2.45) is 5.41 Å². The molecule has 4 heteroatoms. The van der Waals surface area contributed by atoms with E-state index in [0.717, 1.165) is 6.42 Å². The van der Waals surface area contributed by atoms with E-state index < -0.39 is 5.95 Å². The van der Waals surface area contributed by atoms with E-state index in [2.05, 4.69) is 29.1 Å². The van der Waals surface area contributed by atoms with Crippen molar-refractivity contribution in [2.45, 2.75) is 26.3 Å². The molecule has 0 saturated heterocycles. The fourth-order valence-corrected chi connectivity index (χ4v) is 1.30. The summed E-state index contributed by atoms with van der Waals surface area (Å²) in [5.74, 6) is 0.0824. The van der Waals surface area contributed by atoms with Gasteiger partial charge in [0.15, 0.2) is 0 Å². The molecule has 0 bridgehead atoms. The highest BCUT2D eigenvalue weighted by Crippen LogP contribution is 2.46. The summed E-state index contributed by atoms with van der Waals surface area (Å²) in [4.78, 5) is 7.31. The summed E-state index contributed by atoms with van der Waals surface area (Å²) in [6, 6.07) is 1.73. The molecule has 0 amide bonds. The van der Waals surface area contributed by atoms with Crippen molar-refractivity contribution in [3.8, 4) is 0 Å². The van der Waals surface area contributed by atoms with Crippen LogP contribution in [0.15, 0.2) is 12.4 Å². The lowest BCUT2D eigenvalue weighted by molar-refractivity contribution is 0.579.